The van der Waals surface area contributed by atoms with E-state index in [9.17, 15) is 14.9 Å². The normalized spacial score (nSPS) is 19.0. The van der Waals surface area contributed by atoms with Crippen molar-refractivity contribution in [2.75, 3.05) is 44.3 Å². The molecule has 8 heteroatoms. The zero-order chi connectivity index (χ0) is 20.9. The monoisotopic (exact) mass is 411 g/mol. The fourth-order valence-corrected chi connectivity index (χ4v) is 3.79. The number of benzene rings is 2. The minimum Gasteiger partial charge on any atom is -0.491 e. The van der Waals surface area contributed by atoms with Crippen molar-refractivity contribution in [1.82, 2.24) is 4.90 Å². The summed E-state index contributed by atoms with van der Waals surface area (Å²) in [4.78, 5) is 27.2. The summed E-state index contributed by atoms with van der Waals surface area (Å²) in [5.41, 5.74) is 1.65. The molecule has 1 unspecified atom stereocenters. The van der Waals surface area contributed by atoms with Crippen LogP contribution in [0.1, 0.15) is 23.2 Å². The molecule has 2 aromatic carbocycles. The molecule has 30 heavy (non-hydrogen) atoms. The van der Waals surface area contributed by atoms with E-state index < -0.39 is 4.92 Å². The Morgan fingerprint density at radius 1 is 1.07 bits per heavy atom. The molecule has 0 N–H and O–H groups in total. The topological polar surface area (TPSA) is 85.2 Å². The van der Waals surface area contributed by atoms with Crippen molar-refractivity contribution in [3.63, 3.8) is 0 Å². The van der Waals surface area contributed by atoms with E-state index in [2.05, 4.69) is 4.90 Å². The molecule has 158 valence electrons. The van der Waals surface area contributed by atoms with Gasteiger partial charge in [0.2, 0.25) is 0 Å². The van der Waals surface area contributed by atoms with Crippen LogP contribution in [0.5, 0.6) is 5.75 Å². The summed E-state index contributed by atoms with van der Waals surface area (Å²) in [7, 11) is 0. The predicted molar refractivity (Wildman–Crippen MR) is 112 cm³/mol. The first-order valence-corrected chi connectivity index (χ1v) is 10.2. The lowest BCUT2D eigenvalue weighted by Gasteiger charge is -2.36. The smallest absolute Gasteiger partial charge is 0.269 e. The van der Waals surface area contributed by atoms with E-state index in [4.69, 9.17) is 9.47 Å². The van der Waals surface area contributed by atoms with Crippen LogP contribution >= 0.6 is 0 Å². The first-order chi connectivity index (χ1) is 14.6. The molecule has 2 heterocycles. The van der Waals surface area contributed by atoms with Crippen LogP contribution in [-0.2, 0) is 4.74 Å². The van der Waals surface area contributed by atoms with Crippen molar-refractivity contribution < 1.29 is 19.2 Å². The highest BCUT2D eigenvalue weighted by atomic mass is 16.6. The van der Waals surface area contributed by atoms with Crippen molar-refractivity contribution in [1.29, 1.82) is 0 Å². The van der Waals surface area contributed by atoms with Crippen LogP contribution in [0.3, 0.4) is 0 Å². The summed E-state index contributed by atoms with van der Waals surface area (Å²) in [6, 6.07) is 13.8. The second kappa shape index (κ2) is 9.13. The van der Waals surface area contributed by atoms with Crippen molar-refractivity contribution in [2.24, 2.45) is 0 Å². The molecule has 2 aliphatic heterocycles. The van der Waals surface area contributed by atoms with E-state index in [0.717, 1.165) is 30.9 Å². The number of nitro groups is 1. The number of hydrogen-bond acceptors (Lipinski definition) is 6. The van der Waals surface area contributed by atoms with Gasteiger partial charge in [0.25, 0.3) is 11.6 Å². The molecule has 2 saturated heterocycles. The Hall–Kier alpha value is -3.13. The Balaban J connectivity index is 1.28. The van der Waals surface area contributed by atoms with Crippen molar-refractivity contribution in [2.45, 2.75) is 18.9 Å². The van der Waals surface area contributed by atoms with E-state index in [1.807, 2.05) is 17.0 Å². The fourth-order valence-electron chi connectivity index (χ4n) is 3.79. The maximum Gasteiger partial charge on any atom is 0.269 e. The van der Waals surface area contributed by atoms with Crippen LogP contribution in [0.15, 0.2) is 48.5 Å². The third-order valence-corrected chi connectivity index (χ3v) is 5.55. The van der Waals surface area contributed by atoms with Gasteiger partial charge in [-0.2, -0.15) is 0 Å². The van der Waals surface area contributed by atoms with Gasteiger partial charge < -0.3 is 19.3 Å². The van der Waals surface area contributed by atoms with E-state index >= 15 is 0 Å². The van der Waals surface area contributed by atoms with Gasteiger partial charge in [0.05, 0.1) is 11.0 Å². The molecular formula is C22H25N3O5. The Labute approximate surface area is 175 Å². The number of amides is 1. The van der Waals surface area contributed by atoms with Gasteiger partial charge in [-0.25, -0.2) is 0 Å². The van der Waals surface area contributed by atoms with Crippen LogP contribution in [0.25, 0.3) is 0 Å². The van der Waals surface area contributed by atoms with Crippen molar-refractivity contribution >= 4 is 17.3 Å². The molecule has 0 saturated carbocycles. The van der Waals surface area contributed by atoms with Crippen LogP contribution in [0.2, 0.25) is 0 Å². The summed E-state index contributed by atoms with van der Waals surface area (Å²) >= 11 is 0. The molecule has 0 spiro atoms. The number of hydrogen-bond donors (Lipinski definition) is 0. The molecule has 0 bridgehead atoms. The number of nitrogens with zero attached hydrogens (tertiary/aromatic N) is 3. The summed E-state index contributed by atoms with van der Waals surface area (Å²) in [5, 5.41) is 10.8. The summed E-state index contributed by atoms with van der Waals surface area (Å²) in [5.74, 6) is 0.745. The number of anilines is 1. The van der Waals surface area contributed by atoms with Gasteiger partial charge in [0.15, 0.2) is 0 Å². The largest absolute Gasteiger partial charge is 0.491 e. The highest BCUT2D eigenvalue weighted by Gasteiger charge is 2.23. The number of rotatable bonds is 6. The van der Waals surface area contributed by atoms with Crippen LogP contribution in [-0.4, -0.2) is 61.2 Å². The second-order valence-electron chi connectivity index (χ2n) is 7.52. The van der Waals surface area contributed by atoms with Gasteiger partial charge in [-0.3, -0.25) is 14.9 Å². The Bertz CT molecular complexity index is 871. The van der Waals surface area contributed by atoms with Crippen LogP contribution in [0.4, 0.5) is 11.4 Å². The standard InChI is InChI=1S/C22H25N3O5/c26-22(17-3-9-20(10-4-17)30-16-21-2-1-15-29-21)24-13-11-23(12-14-24)18-5-7-19(8-6-18)25(27)28/h3-10,21H,1-2,11-16H2. The number of non-ortho nitro benzene ring substituents is 1. The molecule has 8 nitrogen and oxygen atoms in total. The summed E-state index contributed by atoms with van der Waals surface area (Å²) in [6.07, 6.45) is 2.28. The maximum atomic E-state index is 12.8. The molecule has 2 aromatic rings. The highest BCUT2D eigenvalue weighted by Crippen LogP contribution is 2.22. The van der Waals surface area contributed by atoms with E-state index in [-0.39, 0.29) is 17.7 Å². The number of carbonyl (C=O) groups excluding carboxylic acids is 1. The first-order valence-electron chi connectivity index (χ1n) is 10.2. The first kappa shape index (κ1) is 20.2. The van der Waals surface area contributed by atoms with Crippen LogP contribution in [0, 0.1) is 10.1 Å². The number of ether oxygens (including phenoxy) is 2. The molecule has 1 amide bonds. The molecular weight excluding hydrogens is 386 g/mol. The van der Waals surface area contributed by atoms with Gasteiger partial charge in [0.1, 0.15) is 12.4 Å². The van der Waals surface area contributed by atoms with E-state index in [0.29, 0.717) is 38.3 Å². The molecule has 2 fully saturated rings. The Morgan fingerprint density at radius 2 is 1.77 bits per heavy atom. The average Bonchev–Trinajstić information content (AvgIpc) is 3.31. The minimum atomic E-state index is -0.404. The SMILES string of the molecule is O=C(c1ccc(OCC2CCCO2)cc1)N1CCN(c2ccc([N+](=O)[O-])cc2)CC1. The minimum absolute atomic E-state index is 0.00373. The lowest BCUT2D eigenvalue weighted by atomic mass is 10.1. The molecule has 1 atom stereocenters. The van der Waals surface area contributed by atoms with Gasteiger partial charge in [0, 0.05) is 56.2 Å². The van der Waals surface area contributed by atoms with Gasteiger partial charge >= 0.3 is 0 Å². The summed E-state index contributed by atoms with van der Waals surface area (Å²) in [6.45, 7) is 3.93. The van der Waals surface area contributed by atoms with Gasteiger partial charge in [-0.1, -0.05) is 0 Å². The van der Waals surface area contributed by atoms with E-state index in [1.54, 1.807) is 24.3 Å². The van der Waals surface area contributed by atoms with Crippen LogP contribution < -0.4 is 9.64 Å². The highest BCUT2D eigenvalue weighted by molar-refractivity contribution is 5.94. The number of piperazine rings is 1. The lowest BCUT2D eigenvalue weighted by molar-refractivity contribution is -0.384. The second-order valence-corrected chi connectivity index (χ2v) is 7.52. The Morgan fingerprint density at radius 3 is 2.37 bits per heavy atom. The van der Waals surface area contributed by atoms with Crippen molar-refractivity contribution in [3.05, 3.63) is 64.2 Å². The van der Waals surface area contributed by atoms with E-state index in [1.165, 1.54) is 12.1 Å². The van der Waals surface area contributed by atoms with Gasteiger partial charge in [-0.15, -0.1) is 0 Å². The molecule has 2 aliphatic rings. The zero-order valence-electron chi connectivity index (χ0n) is 16.7. The number of carbonyl (C=O) groups is 1. The quantitative estimate of drug-likeness (QED) is 0.536. The maximum absolute atomic E-state index is 12.8. The van der Waals surface area contributed by atoms with Crippen molar-refractivity contribution in [3.8, 4) is 5.75 Å². The summed E-state index contributed by atoms with van der Waals surface area (Å²) < 4.78 is 11.3. The predicted octanol–water partition coefficient (Wildman–Crippen LogP) is 3.12. The fraction of sp³-hybridized carbons (Fsp3) is 0.409. The lowest BCUT2D eigenvalue weighted by Crippen LogP contribution is -2.48. The Kier molecular flexibility index (Phi) is 6.13. The molecule has 0 radical (unpaired) electrons. The zero-order valence-corrected chi connectivity index (χ0v) is 16.7. The number of nitro benzene ring substituents is 1. The third-order valence-electron chi connectivity index (χ3n) is 5.55. The molecule has 4 rings (SSSR count). The average molecular weight is 411 g/mol. The molecule has 0 aromatic heterocycles. The molecule has 0 aliphatic carbocycles. The third kappa shape index (κ3) is 4.71. The van der Waals surface area contributed by atoms with Gasteiger partial charge in [-0.05, 0) is 49.2 Å².